The minimum atomic E-state index is -0.491. The molecule has 0 aliphatic heterocycles. The van der Waals surface area contributed by atoms with Crippen LogP contribution < -0.4 is 0 Å². The monoisotopic (exact) mass is 811 g/mol. The van der Waals surface area contributed by atoms with E-state index >= 15 is 0 Å². The molecule has 1 nitrogen and oxygen atoms in total. The van der Waals surface area contributed by atoms with Crippen molar-refractivity contribution in [2.24, 2.45) is 0 Å². The maximum absolute atomic E-state index is 4.32. The molecule has 7 aromatic rings. The van der Waals surface area contributed by atoms with Crippen molar-refractivity contribution in [2.75, 3.05) is 0 Å². The first-order chi connectivity index (χ1) is 31.0. The summed E-state index contributed by atoms with van der Waals surface area (Å²) >= 11 is 0. The first-order valence-electron chi connectivity index (χ1n) is 22.1. The van der Waals surface area contributed by atoms with E-state index in [9.17, 15) is 0 Å². The van der Waals surface area contributed by atoms with Crippen LogP contribution in [0, 0.1) is 6.92 Å². The van der Waals surface area contributed by atoms with Crippen LogP contribution in [0.1, 0.15) is 72.0 Å². The van der Waals surface area contributed by atoms with Crippen molar-refractivity contribution in [3.8, 4) is 22.3 Å². The number of hydrogen-bond donors (Lipinski definition) is 0. The molecule has 0 fully saturated rings. The average Bonchev–Trinajstić information content (AvgIpc) is 3.62. The third-order valence-electron chi connectivity index (χ3n) is 12.9. The second-order valence-corrected chi connectivity index (χ2v) is 16.3. The van der Waals surface area contributed by atoms with Crippen LogP contribution >= 0.6 is 0 Å². The van der Waals surface area contributed by atoms with E-state index in [-0.39, 0.29) is 0 Å². The van der Waals surface area contributed by atoms with Crippen molar-refractivity contribution < 1.29 is 0 Å². The summed E-state index contributed by atoms with van der Waals surface area (Å²) in [6.45, 7) is 16.9. The highest BCUT2D eigenvalue weighted by Gasteiger charge is 2.46. The van der Waals surface area contributed by atoms with Crippen molar-refractivity contribution in [2.45, 2.75) is 39.5 Å². The first-order valence-corrected chi connectivity index (χ1v) is 22.1. The molecule has 0 saturated carbocycles. The third kappa shape index (κ3) is 6.82. The molecule has 0 saturated heterocycles. The van der Waals surface area contributed by atoms with Crippen LogP contribution in [-0.2, 0) is 5.41 Å². The zero-order valence-electron chi connectivity index (χ0n) is 36.8. The Kier molecular flexibility index (Phi) is 11.3. The van der Waals surface area contributed by atoms with Gasteiger partial charge in [0.15, 0.2) is 0 Å². The van der Waals surface area contributed by atoms with Crippen LogP contribution in [0.5, 0.6) is 0 Å². The number of nitrogens with zero attached hydrogens (tertiary/aromatic N) is 1. The Morgan fingerprint density at radius 2 is 1.32 bits per heavy atom. The van der Waals surface area contributed by atoms with Gasteiger partial charge in [-0.1, -0.05) is 213 Å². The molecule has 1 atom stereocenters. The van der Waals surface area contributed by atoms with Crippen molar-refractivity contribution in [1.82, 2.24) is 4.57 Å². The van der Waals surface area contributed by atoms with Crippen molar-refractivity contribution in [3.63, 3.8) is 0 Å². The Morgan fingerprint density at radius 1 is 0.651 bits per heavy atom. The van der Waals surface area contributed by atoms with E-state index in [0.29, 0.717) is 0 Å². The fourth-order valence-electron chi connectivity index (χ4n) is 10.3. The number of fused-ring (bicyclic) bond motifs is 5. The Morgan fingerprint density at radius 3 is 2.00 bits per heavy atom. The summed E-state index contributed by atoms with van der Waals surface area (Å²) in [7, 11) is 0. The van der Waals surface area contributed by atoms with Gasteiger partial charge in [-0.2, -0.15) is 0 Å². The highest BCUT2D eigenvalue weighted by atomic mass is 15.0. The molecule has 2 aliphatic rings. The highest BCUT2D eigenvalue weighted by Crippen LogP contribution is 2.57. The molecule has 2 aliphatic carbocycles. The molecule has 1 heteroatoms. The highest BCUT2D eigenvalue weighted by molar-refractivity contribution is 6.20. The van der Waals surface area contributed by atoms with E-state index in [0.717, 1.165) is 17.8 Å². The van der Waals surface area contributed by atoms with Gasteiger partial charge in [0.05, 0.1) is 11.1 Å². The maximum Gasteiger partial charge on any atom is 0.0674 e. The normalized spacial score (nSPS) is 16.3. The minimum absolute atomic E-state index is 0.491. The summed E-state index contributed by atoms with van der Waals surface area (Å²) in [5.41, 5.74) is 17.8. The van der Waals surface area contributed by atoms with Gasteiger partial charge in [0.1, 0.15) is 0 Å². The van der Waals surface area contributed by atoms with E-state index in [1.807, 2.05) is 25.2 Å². The van der Waals surface area contributed by atoms with Crippen LogP contribution in [0.2, 0.25) is 0 Å². The standard InChI is InChI=1S/C62H53N/c1-7-11-14-27-43(5)62(47-29-16-13-17-30-47)57-38-25-24-33-50(57)51-40-39-46(42-58(51)62)61-55-36-22-20-34-53(55)60(54-35-21-23-37-56(54)61)45-28-18-19-31-48(41-45)63-44(6)49(32-15-12-8-2)52(26-9-3)59(63)10-4/h7-18,20-42H,1,4,19H2,2-3,5-6H3/b12-8-,14-11-,26-9-,32-15-,43-27+. The van der Waals surface area contributed by atoms with Crippen LogP contribution in [0.3, 0.4) is 0 Å². The molecule has 0 N–H and O–H groups in total. The maximum atomic E-state index is 4.32. The van der Waals surface area contributed by atoms with Crippen molar-refractivity contribution >= 4 is 51.0 Å². The van der Waals surface area contributed by atoms with Gasteiger partial charge in [-0.05, 0) is 124 Å². The molecule has 63 heavy (non-hydrogen) atoms. The Labute approximate surface area is 373 Å². The summed E-state index contributed by atoms with van der Waals surface area (Å²) < 4.78 is 2.38. The fraction of sp³-hybridized carbons (Fsp3) is 0.0968. The predicted octanol–water partition coefficient (Wildman–Crippen LogP) is 16.9. The zero-order valence-corrected chi connectivity index (χ0v) is 36.8. The topological polar surface area (TPSA) is 4.93 Å². The number of rotatable bonds is 11. The lowest BCUT2D eigenvalue weighted by Crippen LogP contribution is -2.28. The fourth-order valence-corrected chi connectivity index (χ4v) is 10.3. The first kappa shape index (κ1) is 40.9. The van der Waals surface area contributed by atoms with Crippen LogP contribution in [0.25, 0.3) is 73.3 Å². The van der Waals surface area contributed by atoms with Crippen molar-refractivity contribution in [1.29, 1.82) is 0 Å². The predicted molar refractivity (Wildman–Crippen MR) is 276 cm³/mol. The molecule has 6 aromatic carbocycles. The average molecular weight is 812 g/mol. The van der Waals surface area contributed by atoms with Gasteiger partial charge >= 0.3 is 0 Å². The number of benzene rings is 6. The number of allylic oxidation sites excluding steroid dienone is 15. The number of hydrogen-bond acceptors (Lipinski definition) is 0. The smallest absolute Gasteiger partial charge is 0.0674 e. The number of aromatic nitrogens is 1. The minimum Gasteiger partial charge on any atom is -0.314 e. The van der Waals surface area contributed by atoms with Crippen molar-refractivity contribution in [3.05, 3.63) is 258 Å². The summed E-state index contributed by atoms with van der Waals surface area (Å²) in [6, 6.07) is 45.2. The Balaban J connectivity index is 1.29. The zero-order chi connectivity index (χ0) is 43.5. The molecule has 1 heterocycles. The molecule has 1 aromatic heterocycles. The van der Waals surface area contributed by atoms with Gasteiger partial charge in [-0.3, -0.25) is 0 Å². The molecule has 1 unspecified atom stereocenters. The Bertz CT molecular complexity index is 3140. The van der Waals surface area contributed by atoms with Gasteiger partial charge in [-0.25, -0.2) is 0 Å². The van der Waals surface area contributed by atoms with Crippen LogP contribution in [0.15, 0.2) is 213 Å². The summed E-state index contributed by atoms with van der Waals surface area (Å²) in [5.74, 6) is 0. The quantitative estimate of drug-likeness (QED) is 0.0906. The van der Waals surface area contributed by atoms with Gasteiger partial charge in [0.2, 0.25) is 0 Å². The van der Waals surface area contributed by atoms with Crippen LogP contribution in [-0.4, -0.2) is 4.57 Å². The van der Waals surface area contributed by atoms with Gasteiger partial charge in [0, 0.05) is 22.5 Å². The lowest BCUT2D eigenvalue weighted by atomic mass is 9.67. The van der Waals surface area contributed by atoms with Gasteiger partial charge < -0.3 is 4.57 Å². The lowest BCUT2D eigenvalue weighted by Gasteiger charge is -2.34. The second kappa shape index (κ2) is 17.5. The molecule has 0 amide bonds. The molecule has 9 rings (SSSR count). The SMILES string of the molecule is C=C/C=C\C=C(/C)C1(c2ccccc2)c2ccccc2-c2ccc(-c3c4ccccc4c(C4=CC(n5c(C)c(/C=C\C=C/C)c(/C=C\C)c5C=C)=CCC=C4)c4ccccc34)cc21. The molecular weight excluding hydrogens is 759 g/mol. The van der Waals surface area contributed by atoms with E-state index < -0.39 is 5.41 Å². The molecule has 306 valence electrons. The van der Waals surface area contributed by atoms with Crippen LogP contribution in [0.4, 0.5) is 0 Å². The van der Waals surface area contributed by atoms with E-state index in [2.05, 4.69) is 233 Å². The molecular formula is C62H53N. The largest absolute Gasteiger partial charge is 0.314 e. The van der Waals surface area contributed by atoms with Gasteiger partial charge in [-0.15, -0.1) is 0 Å². The summed E-state index contributed by atoms with van der Waals surface area (Å²) in [5, 5.41) is 4.91. The van der Waals surface area contributed by atoms with E-state index in [1.165, 1.54) is 94.0 Å². The third-order valence-corrected chi connectivity index (χ3v) is 12.9. The molecule has 0 radical (unpaired) electrons. The molecule has 0 bridgehead atoms. The lowest BCUT2D eigenvalue weighted by molar-refractivity contribution is 0.747. The van der Waals surface area contributed by atoms with Gasteiger partial charge in [0.25, 0.3) is 0 Å². The summed E-state index contributed by atoms with van der Waals surface area (Å²) in [6.07, 6.45) is 33.2. The Hall–Kier alpha value is -7.48. The summed E-state index contributed by atoms with van der Waals surface area (Å²) in [4.78, 5) is 0. The van der Waals surface area contributed by atoms with E-state index in [4.69, 9.17) is 0 Å². The second-order valence-electron chi connectivity index (χ2n) is 16.3. The van der Waals surface area contributed by atoms with E-state index in [1.54, 1.807) is 0 Å². The molecule has 0 spiro atoms.